The van der Waals surface area contributed by atoms with Gasteiger partial charge in [0.15, 0.2) is 0 Å². The molecule has 0 aliphatic carbocycles. The van der Waals surface area contributed by atoms with Crippen LogP contribution in [0.2, 0.25) is 0 Å². The fourth-order valence-corrected chi connectivity index (χ4v) is 0. The van der Waals surface area contributed by atoms with Crippen molar-refractivity contribution >= 4 is 49.6 Å². The van der Waals surface area contributed by atoms with E-state index in [0.717, 1.165) is 0 Å². The fourth-order valence-electron chi connectivity index (χ4n) is 0. The molecule has 0 atom stereocenters. The van der Waals surface area contributed by atoms with Gasteiger partial charge in [0.1, 0.15) is 0 Å². The highest BCUT2D eigenvalue weighted by Gasteiger charge is 2.14. The second-order valence-corrected chi connectivity index (χ2v) is 13.4. The zero-order valence-corrected chi connectivity index (χ0v) is 7.27. The first-order valence-electron chi connectivity index (χ1n) is 0.873. The summed E-state index contributed by atoms with van der Waals surface area (Å²) in [5.41, 5.74) is 0. The minimum Gasteiger partial charge on any atom is -0.391 e. The Balaban J connectivity index is 0. The van der Waals surface area contributed by atoms with Gasteiger partial charge in [-0.05, 0) is 0 Å². The predicted molar refractivity (Wildman–Crippen MR) is 35.2 cm³/mol. The highest BCUT2D eigenvalue weighted by Crippen LogP contribution is 2.23. The largest absolute Gasteiger partial charge is 0.564 e. The molecule has 0 rings (SSSR count). The minimum atomic E-state index is -2.94. The van der Waals surface area contributed by atoms with Crippen LogP contribution in [0.5, 0.6) is 0 Å². The normalized spacial score (nSPS) is 10.0. The molecule has 0 fully saturated rings. The molecule has 0 unspecified atom stereocenters. The number of rotatable bonds is 0. The molecule has 0 aliphatic heterocycles. The van der Waals surface area contributed by atoms with Gasteiger partial charge in [0, 0.05) is 0 Å². The molecule has 0 aromatic rings. The quantitative estimate of drug-likeness (QED) is 0.565. The fraction of sp³-hybridized carbons (Fsp3) is 0. The van der Waals surface area contributed by atoms with E-state index in [-0.39, 0.29) is 6.15 Å². The van der Waals surface area contributed by atoms with Crippen molar-refractivity contribution in [2.24, 2.45) is 0 Å². The molecule has 0 amide bonds. The lowest BCUT2D eigenvalue weighted by atomic mass is 14.0. The maximum atomic E-state index is 4.99. The summed E-state index contributed by atoms with van der Waals surface area (Å²) in [6.07, 6.45) is 0. The first-order valence-corrected chi connectivity index (χ1v) is 7.86. The molecule has 1 nitrogen and oxygen atoms in total. The molecule has 6 heteroatoms. The highest BCUT2D eigenvalue weighted by atomic mass is 35.9. The van der Waals surface area contributed by atoms with Gasteiger partial charge in [-0.25, -0.2) is 0 Å². The van der Waals surface area contributed by atoms with Gasteiger partial charge in [0.2, 0.25) is 0 Å². The zero-order valence-electron chi connectivity index (χ0n) is 3.09. The van der Waals surface area contributed by atoms with Crippen LogP contribution in [0.4, 0.5) is 0 Å². The number of hydrogen-bond donors (Lipinski definition) is 1. The molecule has 0 aromatic heterocycles. The van der Waals surface area contributed by atoms with Gasteiger partial charge in [0.05, 0.1) is 0 Å². The van der Waals surface area contributed by atoms with Gasteiger partial charge >= 0.3 is 9.39 Å². The van der Waals surface area contributed by atoms with Crippen LogP contribution in [0.1, 0.15) is 0 Å². The molecule has 0 aliphatic rings. The number of quaternary nitrogens is 1. The summed E-state index contributed by atoms with van der Waals surface area (Å²) in [5.74, 6) is 0. The molecular formula is H4AlCl4N. The van der Waals surface area contributed by atoms with Crippen LogP contribution in [0.25, 0.3) is 0 Å². The van der Waals surface area contributed by atoms with E-state index in [0.29, 0.717) is 0 Å². The van der Waals surface area contributed by atoms with E-state index in [9.17, 15) is 0 Å². The maximum Gasteiger partial charge on any atom is 0.564 e. The Morgan fingerprint density at radius 1 is 0.833 bits per heavy atom. The molecule has 0 radical (unpaired) electrons. The van der Waals surface area contributed by atoms with Crippen LogP contribution in [-0.4, -0.2) is 9.39 Å². The summed E-state index contributed by atoms with van der Waals surface area (Å²) in [6, 6.07) is 0. The van der Waals surface area contributed by atoms with Crippen molar-refractivity contribution in [3.8, 4) is 0 Å². The summed E-state index contributed by atoms with van der Waals surface area (Å²) in [6.45, 7) is 0. The van der Waals surface area contributed by atoms with Gasteiger partial charge in [-0.2, -0.15) is 0 Å². The summed E-state index contributed by atoms with van der Waals surface area (Å²) in [5, 5.41) is 0. The van der Waals surface area contributed by atoms with Crippen LogP contribution in [0, 0.1) is 0 Å². The monoisotopic (exact) mass is 185 g/mol. The molecule has 40 valence electrons. The third kappa shape index (κ3) is 44.8. The van der Waals surface area contributed by atoms with Crippen molar-refractivity contribution in [3.63, 3.8) is 0 Å². The summed E-state index contributed by atoms with van der Waals surface area (Å²) >= 11 is 0. The molecule has 6 heavy (non-hydrogen) atoms. The molecule has 0 bridgehead atoms. The third-order valence-electron chi connectivity index (χ3n) is 0. The average Bonchev–Trinajstić information content (AvgIpc) is 0.722. The van der Waals surface area contributed by atoms with Crippen LogP contribution in [-0.2, 0) is 0 Å². The van der Waals surface area contributed by atoms with E-state index in [1.165, 1.54) is 0 Å². The van der Waals surface area contributed by atoms with Crippen molar-refractivity contribution in [1.29, 1.82) is 0 Å². The van der Waals surface area contributed by atoms with Crippen molar-refractivity contribution in [2.75, 3.05) is 0 Å². The van der Waals surface area contributed by atoms with E-state index in [1.54, 1.807) is 0 Å². The predicted octanol–water partition coefficient (Wildman–Crippen LogP) is 2.75. The second kappa shape index (κ2) is 3.63. The first-order chi connectivity index (χ1) is 2.00. The molecule has 0 saturated carbocycles. The van der Waals surface area contributed by atoms with Crippen LogP contribution >= 0.6 is 40.2 Å². The summed E-state index contributed by atoms with van der Waals surface area (Å²) in [7, 11) is 17.0. The lowest BCUT2D eigenvalue weighted by molar-refractivity contribution is 2.13. The van der Waals surface area contributed by atoms with Gasteiger partial charge in [0.25, 0.3) is 0 Å². The molecule has 0 aromatic carbocycles. The SMILES string of the molecule is [Cl][Al-]([Cl])([Cl])[Cl].[NH4+]. The van der Waals surface area contributed by atoms with Gasteiger partial charge in [-0.1, -0.05) is 0 Å². The van der Waals surface area contributed by atoms with Crippen LogP contribution < -0.4 is 6.15 Å². The molecule has 0 saturated heterocycles. The average molecular weight is 187 g/mol. The highest BCUT2D eigenvalue weighted by molar-refractivity contribution is 7.81. The zero-order chi connectivity index (χ0) is 4.50. The van der Waals surface area contributed by atoms with Crippen molar-refractivity contribution in [1.82, 2.24) is 6.15 Å². The number of halogens is 4. The maximum absolute atomic E-state index is 4.99. The Hall–Kier alpha value is 1.65. The van der Waals surface area contributed by atoms with E-state index in [4.69, 9.17) is 40.2 Å². The topological polar surface area (TPSA) is 36.5 Å². The standard InChI is InChI=1S/Al.4ClH.H3N/h;4*1H;1H3/q+3;;;;;/p-3. The lowest BCUT2D eigenvalue weighted by Crippen LogP contribution is -1.91. The summed E-state index contributed by atoms with van der Waals surface area (Å²) in [4.78, 5) is 0. The minimum absolute atomic E-state index is 0. The van der Waals surface area contributed by atoms with E-state index in [1.807, 2.05) is 0 Å². The number of hydrogen-bond acceptors (Lipinski definition) is 0. The van der Waals surface area contributed by atoms with Crippen molar-refractivity contribution < 1.29 is 0 Å². The Bertz CT molecular complexity index is 23.0. The van der Waals surface area contributed by atoms with Gasteiger partial charge < -0.3 is 46.3 Å². The van der Waals surface area contributed by atoms with Gasteiger partial charge in [-0.3, -0.25) is 0 Å². The Morgan fingerprint density at radius 3 is 0.833 bits per heavy atom. The summed E-state index contributed by atoms with van der Waals surface area (Å²) < 4.78 is 0. The van der Waals surface area contributed by atoms with Gasteiger partial charge in [-0.15, -0.1) is 0 Å². The van der Waals surface area contributed by atoms with Crippen molar-refractivity contribution in [3.05, 3.63) is 0 Å². The van der Waals surface area contributed by atoms with E-state index < -0.39 is 9.39 Å². The first kappa shape index (κ1) is 10.6. The van der Waals surface area contributed by atoms with E-state index >= 15 is 0 Å². The molecule has 4 N–H and O–H groups in total. The van der Waals surface area contributed by atoms with Crippen LogP contribution in [0.15, 0.2) is 0 Å². The molecule has 0 heterocycles. The van der Waals surface area contributed by atoms with Crippen LogP contribution in [0.3, 0.4) is 0 Å². The van der Waals surface area contributed by atoms with Crippen molar-refractivity contribution in [2.45, 2.75) is 0 Å². The third-order valence-corrected chi connectivity index (χ3v) is 0. The molecule has 0 spiro atoms. The van der Waals surface area contributed by atoms with E-state index in [2.05, 4.69) is 0 Å². The Labute approximate surface area is 55.6 Å². The Kier molecular flexibility index (Phi) is 6.41. The smallest absolute Gasteiger partial charge is 0.391 e. The lowest BCUT2D eigenvalue weighted by Gasteiger charge is -1.97. The second-order valence-electron chi connectivity index (χ2n) is 0.495. The molecular weight excluding hydrogens is 183 g/mol. The Morgan fingerprint density at radius 2 is 0.833 bits per heavy atom.